The fraction of sp³-hybridized carbons (Fsp3) is 0.250. The first kappa shape index (κ1) is 13.4. The maximum Gasteiger partial charge on any atom is 0.273 e. The van der Waals surface area contributed by atoms with Gasteiger partial charge in [-0.15, -0.1) is 0 Å². The Labute approximate surface area is 122 Å². The molecule has 5 heteroatoms. The van der Waals surface area contributed by atoms with Gasteiger partial charge in [0.2, 0.25) is 0 Å². The van der Waals surface area contributed by atoms with E-state index in [1.807, 2.05) is 12.1 Å². The van der Waals surface area contributed by atoms with Crippen molar-refractivity contribution < 1.29 is 14.4 Å². The minimum Gasteiger partial charge on any atom is -0.493 e. The molecule has 0 saturated carbocycles. The average molecular weight is 285 g/mol. The van der Waals surface area contributed by atoms with Gasteiger partial charge in [0.25, 0.3) is 5.69 Å². The fourth-order valence-corrected chi connectivity index (χ4v) is 2.65. The molecule has 0 unspecified atom stereocenters. The third-order valence-corrected chi connectivity index (χ3v) is 3.67. The molecule has 1 aliphatic rings. The van der Waals surface area contributed by atoms with E-state index < -0.39 is 4.92 Å². The highest BCUT2D eigenvalue weighted by atomic mass is 16.6. The van der Waals surface area contributed by atoms with Crippen molar-refractivity contribution >= 4 is 5.69 Å². The third-order valence-electron chi connectivity index (χ3n) is 3.67. The highest BCUT2D eigenvalue weighted by molar-refractivity contribution is 5.49. The van der Waals surface area contributed by atoms with Crippen LogP contribution in [0.15, 0.2) is 42.5 Å². The Morgan fingerprint density at radius 2 is 1.76 bits per heavy atom. The third kappa shape index (κ3) is 2.67. The summed E-state index contributed by atoms with van der Waals surface area (Å²) >= 11 is 0. The van der Waals surface area contributed by atoms with Crippen LogP contribution in [0.4, 0.5) is 5.69 Å². The number of non-ortho nitro benzene ring substituents is 1. The van der Waals surface area contributed by atoms with Crippen molar-refractivity contribution in [3.8, 4) is 11.5 Å². The lowest BCUT2D eigenvalue weighted by molar-refractivity contribution is -0.385. The van der Waals surface area contributed by atoms with Crippen LogP contribution in [0.25, 0.3) is 0 Å². The van der Waals surface area contributed by atoms with Crippen molar-refractivity contribution in [3.05, 3.63) is 63.7 Å². The van der Waals surface area contributed by atoms with Gasteiger partial charge >= 0.3 is 0 Å². The molecule has 0 spiro atoms. The first-order valence-corrected chi connectivity index (χ1v) is 6.73. The van der Waals surface area contributed by atoms with Gasteiger partial charge in [-0.3, -0.25) is 10.1 Å². The van der Waals surface area contributed by atoms with Crippen LogP contribution in [0.1, 0.15) is 11.1 Å². The molecule has 0 aromatic heterocycles. The number of nitro benzene ring substituents is 1. The largest absolute Gasteiger partial charge is 0.493 e. The lowest BCUT2D eigenvalue weighted by Crippen LogP contribution is -2.16. The zero-order valence-corrected chi connectivity index (χ0v) is 11.6. The van der Waals surface area contributed by atoms with Gasteiger partial charge in [0.05, 0.1) is 18.1 Å². The second kappa shape index (κ2) is 5.44. The molecule has 0 fully saturated rings. The highest BCUT2D eigenvalue weighted by Gasteiger charge is 2.24. The summed E-state index contributed by atoms with van der Waals surface area (Å²) in [5.74, 6) is 0.932. The van der Waals surface area contributed by atoms with Crippen molar-refractivity contribution in [3.63, 3.8) is 0 Å². The van der Waals surface area contributed by atoms with Crippen LogP contribution in [-0.2, 0) is 12.8 Å². The molecule has 108 valence electrons. The topological polar surface area (TPSA) is 61.6 Å². The van der Waals surface area contributed by atoms with Crippen LogP contribution >= 0.6 is 0 Å². The monoisotopic (exact) mass is 285 g/mol. The van der Waals surface area contributed by atoms with Crippen molar-refractivity contribution in [1.29, 1.82) is 0 Å². The summed E-state index contributed by atoms with van der Waals surface area (Å²) in [6.45, 7) is 0. The number of nitro groups is 1. The van der Waals surface area contributed by atoms with Crippen molar-refractivity contribution in [2.24, 2.45) is 0 Å². The molecular formula is C16H15NO4. The van der Waals surface area contributed by atoms with Crippen LogP contribution in [0, 0.1) is 10.1 Å². The fourth-order valence-electron chi connectivity index (χ4n) is 2.65. The normalized spacial score (nSPS) is 13.8. The van der Waals surface area contributed by atoms with Crippen molar-refractivity contribution in [2.75, 3.05) is 7.11 Å². The van der Waals surface area contributed by atoms with E-state index in [0.717, 1.165) is 12.8 Å². The number of hydrogen-bond acceptors (Lipinski definition) is 4. The molecule has 0 amide bonds. The summed E-state index contributed by atoms with van der Waals surface area (Å²) in [4.78, 5) is 10.4. The summed E-state index contributed by atoms with van der Waals surface area (Å²) in [5.41, 5.74) is 2.54. The zero-order valence-electron chi connectivity index (χ0n) is 11.6. The van der Waals surface area contributed by atoms with Gasteiger partial charge in [-0.2, -0.15) is 0 Å². The summed E-state index contributed by atoms with van der Waals surface area (Å²) in [6, 6.07) is 12.6. The van der Waals surface area contributed by atoms with E-state index in [1.165, 1.54) is 30.4 Å². The standard InChI is InChI=1S/C16H15NO4/c1-20-15-7-6-13(17(18)19)10-16(15)21-14-8-11-4-2-3-5-12(11)9-14/h2-7,10,14H,8-9H2,1H3. The van der Waals surface area contributed by atoms with Crippen LogP contribution in [0.5, 0.6) is 11.5 Å². The highest BCUT2D eigenvalue weighted by Crippen LogP contribution is 2.34. The number of rotatable bonds is 4. The average Bonchev–Trinajstić information content (AvgIpc) is 2.89. The van der Waals surface area contributed by atoms with Crippen LogP contribution in [-0.4, -0.2) is 18.1 Å². The molecule has 2 aromatic rings. The van der Waals surface area contributed by atoms with Crippen molar-refractivity contribution in [1.82, 2.24) is 0 Å². The van der Waals surface area contributed by atoms with E-state index >= 15 is 0 Å². The Morgan fingerprint density at radius 3 is 2.33 bits per heavy atom. The Balaban J connectivity index is 1.82. The zero-order chi connectivity index (χ0) is 14.8. The van der Waals surface area contributed by atoms with Gasteiger partial charge in [-0.05, 0) is 17.2 Å². The molecule has 0 aliphatic heterocycles. The maximum atomic E-state index is 10.9. The molecule has 0 N–H and O–H groups in total. The number of methoxy groups -OCH3 is 1. The van der Waals surface area contributed by atoms with E-state index in [4.69, 9.17) is 9.47 Å². The molecule has 0 heterocycles. The number of fused-ring (bicyclic) bond motifs is 1. The second-order valence-electron chi connectivity index (χ2n) is 5.01. The Bertz CT molecular complexity index is 659. The van der Waals surface area contributed by atoms with E-state index in [-0.39, 0.29) is 11.8 Å². The van der Waals surface area contributed by atoms with Crippen molar-refractivity contribution in [2.45, 2.75) is 18.9 Å². The van der Waals surface area contributed by atoms with Crippen LogP contribution in [0.3, 0.4) is 0 Å². The molecule has 1 aliphatic carbocycles. The summed E-state index contributed by atoms with van der Waals surface area (Å²) in [6.07, 6.45) is 1.60. The Hall–Kier alpha value is -2.56. The molecule has 3 rings (SSSR count). The molecule has 0 radical (unpaired) electrons. The molecule has 0 atom stereocenters. The quantitative estimate of drug-likeness (QED) is 0.639. The molecule has 21 heavy (non-hydrogen) atoms. The molecule has 0 bridgehead atoms. The smallest absolute Gasteiger partial charge is 0.273 e. The van der Waals surface area contributed by atoms with E-state index in [1.54, 1.807) is 6.07 Å². The second-order valence-corrected chi connectivity index (χ2v) is 5.01. The SMILES string of the molecule is COc1ccc([N+](=O)[O-])cc1OC1Cc2ccccc2C1. The van der Waals surface area contributed by atoms with E-state index in [0.29, 0.717) is 11.5 Å². The van der Waals surface area contributed by atoms with E-state index in [2.05, 4.69) is 12.1 Å². The van der Waals surface area contributed by atoms with Gasteiger partial charge in [-0.25, -0.2) is 0 Å². The number of benzene rings is 2. The minimum absolute atomic E-state index is 0.00121. The first-order valence-electron chi connectivity index (χ1n) is 6.73. The number of hydrogen-bond donors (Lipinski definition) is 0. The molecule has 5 nitrogen and oxygen atoms in total. The predicted octanol–water partition coefficient (Wildman–Crippen LogP) is 3.15. The Kier molecular flexibility index (Phi) is 3.48. The summed E-state index contributed by atoms with van der Waals surface area (Å²) < 4.78 is 11.2. The van der Waals surface area contributed by atoms with Crippen LogP contribution in [0.2, 0.25) is 0 Å². The van der Waals surface area contributed by atoms with Gasteiger partial charge < -0.3 is 9.47 Å². The van der Waals surface area contributed by atoms with E-state index in [9.17, 15) is 10.1 Å². The lowest BCUT2D eigenvalue weighted by Gasteiger charge is -2.15. The number of ether oxygens (including phenoxy) is 2. The Morgan fingerprint density at radius 1 is 1.10 bits per heavy atom. The summed E-state index contributed by atoms with van der Waals surface area (Å²) in [5, 5.41) is 10.9. The predicted molar refractivity (Wildman–Crippen MR) is 77.9 cm³/mol. The van der Waals surface area contributed by atoms with Crippen LogP contribution < -0.4 is 9.47 Å². The van der Waals surface area contributed by atoms with Gasteiger partial charge in [0, 0.05) is 18.9 Å². The maximum absolute atomic E-state index is 10.9. The first-order chi connectivity index (χ1) is 10.2. The molecule has 0 saturated heterocycles. The minimum atomic E-state index is -0.435. The van der Waals surface area contributed by atoms with Gasteiger partial charge in [0.1, 0.15) is 6.10 Å². The summed E-state index contributed by atoms with van der Waals surface area (Å²) in [7, 11) is 1.53. The van der Waals surface area contributed by atoms with Gasteiger partial charge in [0.15, 0.2) is 11.5 Å². The number of nitrogens with zero attached hydrogens (tertiary/aromatic N) is 1. The van der Waals surface area contributed by atoms with Gasteiger partial charge in [-0.1, -0.05) is 24.3 Å². The molecular weight excluding hydrogens is 270 g/mol. The molecule has 2 aromatic carbocycles. The lowest BCUT2D eigenvalue weighted by atomic mass is 10.1.